The fourth-order valence-electron chi connectivity index (χ4n) is 1.58. The third kappa shape index (κ3) is 3.24. The quantitative estimate of drug-likeness (QED) is 0.522. The third-order valence-corrected chi connectivity index (χ3v) is 2.30. The summed E-state index contributed by atoms with van der Waals surface area (Å²) < 4.78 is 5.32. The van der Waals surface area contributed by atoms with E-state index in [1.54, 1.807) is 0 Å². The summed E-state index contributed by atoms with van der Waals surface area (Å²) in [6, 6.07) is 0. The van der Waals surface area contributed by atoms with Crippen molar-refractivity contribution in [2.45, 2.75) is 58.0 Å². The molecule has 2 nitrogen and oxygen atoms in total. The number of esters is 1. The highest BCUT2D eigenvalue weighted by Gasteiger charge is 2.22. The van der Waals surface area contributed by atoms with Crippen molar-refractivity contribution in [1.82, 2.24) is 0 Å². The highest BCUT2D eigenvalue weighted by atomic mass is 16.6. The minimum absolute atomic E-state index is 0.0260. The fraction of sp³-hybridized carbons (Fsp3) is 0.900. The second kappa shape index (κ2) is 3.92. The van der Waals surface area contributed by atoms with E-state index >= 15 is 0 Å². The first-order chi connectivity index (χ1) is 5.60. The van der Waals surface area contributed by atoms with Crippen molar-refractivity contribution in [1.29, 1.82) is 0 Å². The van der Waals surface area contributed by atoms with E-state index in [2.05, 4.69) is 0 Å². The number of hydrogen-bond acceptors (Lipinski definition) is 2. The zero-order chi connectivity index (χ0) is 9.03. The van der Waals surface area contributed by atoms with E-state index in [0.29, 0.717) is 6.42 Å². The van der Waals surface area contributed by atoms with Crippen LogP contribution in [0.25, 0.3) is 0 Å². The molecule has 1 rings (SSSR count). The predicted octanol–water partition coefficient (Wildman–Crippen LogP) is 2.66. The molecule has 0 aromatic rings. The van der Waals surface area contributed by atoms with Crippen molar-refractivity contribution in [3.63, 3.8) is 0 Å². The zero-order valence-corrected chi connectivity index (χ0v) is 8.06. The molecule has 0 unspecified atom stereocenters. The molecule has 0 bridgehead atoms. The maximum atomic E-state index is 11.2. The van der Waals surface area contributed by atoms with Gasteiger partial charge in [-0.15, -0.1) is 0 Å². The standard InChI is InChI=1S/C10H18O2/c1-10(2)8-6-4-3-5-7-9(11)12-10/h3-8H2,1-2H3. The molecule has 1 aliphatic rings. The lowest BCUT2D eigenvalue weighted by Crippen LogP contribution is -2.27. The third-order valence-electron chi connectivity index (χ3n) is 2.30. The van der Waals surface area contributed by atoms with Crippen molar-refractivity contribution in [2.75, 3.05) is 0 Å². The Morgan fingerprint density at radius 1 is 1.17 bits per heavy atom. The van der Waals surface area contributed by atoms with Crippen LogP contribution in [0.4, 0.5) is 0 Å². The Morgan fingerprint density at radius 2 is 1.83 bits per heavy atom. The van der Waals surface area contributed by atoms with Crippen molar-refractivity contribution < 1.29 is 9.53 Å². The topological polar surface area (TPSA) is 26.3 Å². The molecule has 1 saturated heterocycles. The average molecular weight is 170 g/mol. The molecule has 2 heteroatoms. The molecule has 70 valence electrons. The SMILES string of the molecule is CC1(C)CCCCCCC(=O)O1. The highest BCUT2D eigenvalue weighted by Crippen LogP contribution is 2.22. The summed E-state index contributed by atoms with van der Waals surface area (Å²) in [5, 5.41) is 0. The second-order valence-corrected chi connectivity index (χ2v) is 4.15. The first kappa shape index (κ1) is 9.56. The maximum Gasteiger partial charge on any atom is 0.306 e. The van der Waals surface area contributed by atoms with Crippen molar-refractivity contribution in [3.8, 4) is 0 Å². The molecular formula is C10H18O2. The van der Waals surface area contributed by atoms with Gasteiger partial charge in [-0.25, -0.2) is 0 Å². The zero-order valence-electron chi connectivity index (χ0n) is 8.06. The Labute approximate surface area is 74.3 Å². The molecule has 1 aliphatic heterocycles. The Bertz CT molecular complexity index is 161. The van der Waals surface area contributed by atoms with Gasteiger partial charge in [-0.3, -0.25) is 4.79 Å². The van der Waals surface area contributed by atoms with Crippen LogP contribution in [-0.4, -0.2) is 11.6 Å². The highest BCUT2D eigenvalue weighted by molar-refractivity contribution is 5.69. The van der Waals surface area contributed by atoms with E-state index in [4.69, 9.17) is 4.74 Å². The number of carbonyl (C=O) groups is 1. The summed E-state index contributed by atoms with van der Waals surface area (Å²) in [6.07, 6.45) is 6.18. The fourth-order valence-corrected chi connectivity index (χ4v) is 1.58. The number of carbonyl (C=O) groups excluding carboxylic acids is 1. The van der Waals surface area contributed by atoms with Gasteiger partial charge in [-0.05, 0) is 33.1 Å². The van der Waals surface area contributed by atoms with Crippen LogP contribution in [-0.2, 0) is 9.53 Å². The Morgan fingerprint density at radius 3 is 2.58 bits per heavy atom. The molecule has 0 N–H and O–H groups in total. The molecule has 0 spiro atoms. The number of rotatable bonds is 0. The lowest BCUT2D eigenvalue weighted by Gasteiger charge is -2.24. The van der Waals surface area contributed by atoms with Gasteiger partial charge in [0.25, 0.3) is 0 Å². The summed E-state index contributed by atoms with van der Waals surface area (Å²) in [7, 11) is 0. The van der Waals surface area contributed by atoms with Crippen molar-refractivity contribution in [2.24, 2.45) is 0 Å². The van der Waals surface area contributed by atoms with Gasteiger partial charge in [0.15, 0.2) is 0 Å². The smallest absolute Gasteiger partial charge is 0.306 e. The van der Waals surface area contributed by atoms with Crippen LogP contribution in [0.5, 0.6) is 0 Å². The van der Waals surface area contributed by atoms with Gasteiger partial charge in [0.05, 0.1) is 0 Å². The van der Waals surface area contributed by atoms with Gasteiger partial charge in [0.2, 0.25) is 0 Å². The molecule has 1 fully saturated rings. The largest absolute Gasteiger partial charge is 0.460 e. The summed E-state index contributed by atoms with van der Waals surface area (Å²) in [6.45, 7) is 3.99. The molecule has 0 aromatic carbocycles. The summed E-state index contributed by atoms with van der Waals surface area (Å²) in [4.78, 5) is 11.2. The molecule has 0 atom stereocenters. The van der Waals surface area contributed by atoms with Crippen LogP contribution in [0.15, 0.2) is 0 Å². The summed E-state index contributed by atoms with van der Waals surface area (Å²) >= 11 is 0. The van der Waals surface area contributed by atoms with Crippen LogP contribution in [0.1, 0.15) is 52.4 Å². The maximum absolute atomic E-state index is 11.2. The van der Waals surface area contributed by atoms with E-state index in [0.717, 1.165) is 12.8 Å². The number of ether oxygens (including phenoxy) is 1. The number of hydrogen-bond donors (Lipinski definition) is 0. The normalized spacial score (nSPS) is 25.0. The van der Waals surface area contributed by atoms with Gasteiger partial charge in [0, 0.05) is 6.42 Å². The van der Waals surface area contributed by atoms with Gasteiger partial charge in [-0.2, -0.15) is 0 Å². The van der Waals surface area contributed by atoms with Gasteiger partial charge < -0.3 is 4.74 Å². The average Bonchev–Trinajstić information content (AvgIpc) is 1.99. The lowest BCUT2D eigenvalue weighted by molar-refractivity contribution is -0.156. The van der Waals surface area contributed by atoms with E-state index in [1.165, 1.54) is 19.3 Å². The van der Waals surface area contributed by atoms with E-state index < -0.39 is 0 Å². The second-order valence-electron chi connectivity index (χ2n) is 4.15. The number of cyclic esters (lactones) is 1. The van der Waals surface area contributed by atoms with Crippen LogP contribution in [0.2, 0.25) is 0 Å². The Balaban J connectivity index is 2.49. The first-order valence-corrected chi connectivity index (χ1v) is 4.82. The summed E-state index contributed by atoms with van der Waals surface area (Å²) in [5.74, 6) is -0.0260. The van der Waals surface area contributed by atoms with E-state index in [1.807, 2.05) is 13.8 Å². The van der Waals surface area contributed by atoms with Crippen LogP contribution >= 0.6 is 0 Å². The van der Waals surface area contributed by atoms with E-state index in [9.17, 15) is 4.79 Å². The van der Waals surface area contributed by atoms with Crippen LogP contribution < -0.4 is 0 Å². The van der Waals surface area contributed by atoms with Gasteiger partial charge in [-0.1, -0.05) is 12.8 Å². The van der Waals surface area contributed by atoms with Crippen LogP contribution in [0, 0.1) is 0 Å². The Kier molecular flexibility index (Phi) is 3.12. The molecule has 0 radical (unpaired) electrons. The van der Waals surface area contributed by atoms with Crippen LogP contribution in [0.3, 0.4) is 0 Å². The minimum Gasteiger partial charge on any atom is -0.460 e. The van der Waals surface area contributed by atoms with E-state index in [-0.39, 0.29) is 11.6 Å². The first-order valence-electron chi connectivity index (χ1n) is 4.82. The van der Waals surface area contributed by atoms with Crippen molar-refractivity contribution in [3.05, 3.63) is 0 Å². The minimum atomic E-state index is -0.235. The molecule has 1 heterocycles. The molecule has 0 saturated carbocycles. The Hall–Kier alpha value is -0.530. The van der Waals surface area contributed by atoms with Crippen molar-refractivity contribution >= 4 is 5.97 Å². The molecular weight excluding hydrogens is 152 g/mol. The molecule has 0 aliphatic carbocycles. The molecule has 0 aromatic heterocycles. The summed E-state index contributed by atoms with van der Waals surface area (Å²) in [5.41, 5.74) is -0.235. The van der Waals surface area contributed by atoms with Gasteiger partial charge in [0.1, 0.15) is 5.60 Å². The predicted molar refractivity (Wildman–Crippen MR) is 47.9 cm³/mol. The van der Waals surface area contributed by atoms with Gasteiger partial charge >= 0.3 is 5.97 Å². The molecule has 0 amide bonds. The lowest BCUT2D eigenvalue weighted by atomic mass is 10.0. The molecule has 12 heavy (non-hydrogen) atoms. The monoisotopic (exact) mass is 170 g/mol.